The minimum atomic E-state index is -0.0339. The number of para-hydroxylation sites is 1. The van der Waals surface area contributed by atoms with E-state index in [2.05, 4.69) is 35.1 Å². The van der Waals surface area contributed by atoms with Gasteiger partial charge in [-0.25, -0.2) is 4.98 Å². The Morgan fingerprint density at radius 3 is 2.77 bits per heavy atom. The summed E-state index contributed by atoms with van der Waals surface area (Å²) in [7, 11) is 0. The van der Waals surface area contributed by atoms with E-state index in [1.807, 2.05) is 11.8 Å². The fraction of sp³-hybridized carbons (Fsp3) is 0.500. The number of nitrogens with zero attached hydrogens (tertiary/aromatic N) is 5. The van der Waals surface area contributed by atoms with E-state index in [-0.39, 0.29) is 18.3 Å². The number of hydrogen-bond acceptors (Lipinski definition) is 6. The van der Waals surface area contributed by atoms with Gasteiger partial charge in [-0.15, -0.1) is 12.4 Å². The number of benzene rings is 1. The Morgan fingerprint density at radius 2 is 2.03 bits per heavy atom. The van der Waals surface area contributed by atoms with Gasteiger partial charge in [0, 0.05) is 38.9 Å². The molecule has 0 aliphatic carbocycles. The number of halogens is 1. The molecule has 0 spiro atoms. The Balaban J connectivity index is 0.00000272. The first-order valence-electron chi connectivity index (χ1n) is 10.7. The molecule has 7 nitrogen and oxygen atoms in total. The highest BCUT2D eigenvalue weighted by Gasteiger charge is 2.24. The zero-order valence-electron chi connectivity index (χ0n) is 18.1. The van der Waals surface area contributed by atoms with Crippen LogP contribution in [0, 0.1) is 0 Å². The number of amides is 1. The van der Waals surface area contributed by atoms with E-state index in [1.165, 1.54) is 5.56 Å². The number of hydrogen-bond donors (Lipinski definition) is 0. The molecule has 0 unspecified atom stereocenters. The number of aryl methyl sites for hydroxylation is 2. The Labute approximate surface area is 193 Å². The molecule has 0 saturated carbocycles. The number of morpholine rings is 1. The van der Waals surface area contributed by atoms with Crippen LogP contribution in [0.25, 0.3) is 10.2 Å². The van der Waals surface area contributed by atoms with E-state index >= 15 is 0 Å². The third-order valence-electron chi connectivity index (χ3n) is 5.54. The van der Waals surface area contributed by atoms with Crippen LogP contribution in [0.15, 0.2) is 30.5 Å². The van der Waals surface area contributed by atoms with Crippen molar-refractivity contribution in [3.63, 3.8) is 0 Å². The van der Waals surface area contributed by atoms with E-state index in [0.717, 1.165) is 61.0 Å². The van der Waals surface area contributed by atoms with E-state index < -0.39 is 0 Å². The number of carbonyl (C=O) groups is 1. The van der Waals surface area contributed by atoms with Crippen LogP contribution in [0.2, 0.25) is 0 Å². The number of anilines is 1. The third-order valence-corrected chi connectivity index (χ3v) is 6.59. The van der Waals surface area contributed by atoms with Crippen molar-refractivity contribution < 1.29 is 9.53 Å². The Hall–Kier alpha value is -2.00. The second-order valence-electron chi connectivity index (χ2n) is 7.41. The van der Waals surface area contributed by atoms with Crippen LogP contribution in [0.1, 0.15) is 36.3 Å². The molecule has 31 heavy (non-hydrogen) atoms. The highest BCUT2D eigenvalue weighted by molar-refractivity contribution is 7.22. The van der Waals surface area contributed by atoms with Gasteiger partial charge in [0.2, 0.25) is 0 Å². The molecule has 3 heterocycles. The maximum atomic E-state index is 13.5. The Morgan fingerprint density at radius 1 is 1.23 bits per heavy atom. The topological polar surface area (TPSA) is 63.5 Å². The molecule has 1 aromatic carbocycles. The van der Waals surface area contributed by atoms with Crippen molar-refractivity contribution in [1.29, 1.82) is 0 Å². The number of rotatable bonds is 8. The van der Waals surface area contributed by atoms with Gasteiger partial charge in [-0.05, 0) is 37.5 Å². The molecule has 168 valence electrons. The second-order valence-corrected chi connectivity index (χ2v) is 8.42. The first-order chi connectivity index (χ1) is 14.7. The summed E-state index contributed by atoms with van der Waals surface area (Å²) in [5.74, 6) is -0.0339. The molecule has 0 radical (unpaired) electrons. The van der Waals surface area contributed by atoms with Crippen molar-refractivity contribution in [2.24, 2.45) is 0 Å². The predicted octanol–water partition coefficient (Wildman–Crippen LogP) is 3.87. The minimum absolute atomic E-state index is 0. The number of carbonyl (C=O) groups excluding carboxylic acids is 1. The standard InChI is InChI=1S/C22H29N5O2S.ClH/c1-3-17-7-5-8-19-20(17)24-22(30-19)26(12-6-11-25-13-15-29-16-14-25)21(28)18-9-10-23-27(18)4-2;/h5,7-10H,3-4,6,11-16H2,1-2H3;1H. The molecule has 0 bridgehead atoms. The monoisotopic (exact) mass is 463 g/mol. The summed E-state index contributed by atoms with van der Waals surface area (Å²) in [4.78, 5) is 22.6. The molecule has 4 rings (SSSR count). The molecule has 1 saturated heterocycles. The normalized spacial score (nSPS) is 14.5. The van der Waals surface area contributed by atoms with Gasteiger partial charge in [0.1, 0.15) is 5.69 Å². The average molecular weight is 464 g/mol. The maximum absolute atomic E-state index is 13.5. The van der Waals surface area contributed by atoms with Gasteiger partial charge < -0.3 is 4.74 Å². The molecular formula is C22H30ClN5O2S. The summed E-state index contributed by atoms with van der Waals surface area (Å²) in [6, 6.07) is 8.07. The maximum Gasteiger partial charge on any atom is 0.278 e. The van der Waals surface area contributed by atoms with Gasteiger partial charge in [-0.1, -0.05) is 30.4 Å². The van der Waals surface area contributed by atoms with Crippen molar-refractivity contribution in [3.8, 4) is 0 Å². The van der Waals surface area contributed by atoms with Crippen LogP contribution in [0.3, 0.4) is 0 Å². The van der Waals surface area contributed by atoms with Gasteiger partial charge >= 0.3 is 0 Å². The smallest absolute Gasteiger partial charge is 0.278 e. The first-order valence-corrected chi connectivity index (χ1v) is 11.5. The quantitative estimate of drug-likeness (QED) is 0.507. The van der Waals surface area contributed by atoms with Crippen molar-refractivity contribution >= 4 is 45.0 Å². The van der Waals surface area contributed by atoms with Crippen LogP contribution in [-0.2, 0) is 17.7 Å². The van der Waals surface area contributed by atoms with Crippen molar-refractivity contribution in [2.45, 2.75) is 33.2 Å². The molecule has 1 aliphatic heterocycles. The lowest BCUT2D eigenvalue weighted by Gasteiger charge is -2.27. The van der Waals surface area contributed by atoms with Crippen molar-refractivity contribution in [3.05, 3.63) is 41.7 Å². The fourth-order valence-electron chi connectivity index (χ4n) is 3.86. The van der Waals surface area contributed by atoms with E-state index in [9.17, 15) is 4.79 Å². The van der Waals surface area contributed by atoms with Gasteiger partial charge in [0.05, 0.1) is 23.4 Å². The molecule has 0 atom stereocenters. The third kappa shape index (κ3) is 5.26. The number of aromatic nitrogens is 3. The van der Waals surface area contributed by atoms with Gasteiger partial charge in [-0.3, -0.25) is 19.3 Å². The molecule has 9 heteroatoms. The van der Waals surface area contributed by atoms with Crippen LogP contribution in [0.5, 0.6) is 0 Å². The number of fused-ring (bicyclic) bond motifs is 1. The number of ether oxygens (including phenoxy) is 1. The molecule has 2 aromatic heterocycles. The fourth-order valence-corrected chi connectivity index (χ4v) is 4.90. The van der Waals surface area contributed by atoms with Crippen molar-refractivity contribution in [1.82, 2.24) is 19.7 Å². The minimum Gasteiger partial charge on any atom is -0.379 e. The largest absolute Gasteiger partial charge is 0.379 e. The van der Waals surface area contributed by atoms with Gasteiger partial charge in [0.15, 0.2) is 5.13 Å². The summed E-state index contributed by atoms with van der Waals surface area (Å²) < 4.78 is 8.32. The van der Waals surface area contributed by atoms with E-state index in [1.54, 1.807) is 28.3 Å². The molecule has 1 aliphatic rings. The van der Waals surface area contributed by atoms with Gasteiger partial charge in [0.25, 0.3) is 5.91 Å². The molecule has 1 fully saturated rings. The van der Waals surface area contributed by atoms with Crippen LogP contribution >= 0.6 is 23.7 Å². The molecule has 3 aromatic rings. The first kappa shape index (κ1) is 23.7. The lowest BCUT2D eigenvalue weighted by molar-refractivity contribution is 0.0376. The summed E-state index contributed by atoms with van der Waals surface area (Å²) >= 11 is 1.59. The van der Waals surface area contributed by atoms with Gasteiger partial charge in [-0.2, -0.15) is 5.10 Å². The van der Waals surface area contributed by atoms with Crippen molar-refractivity contribution in [2.75, 3.05) is 44.3 Å². The summed E-state index contributed by atoms with van der Waals surface area (Å²) in [5, 5.41) is 5.05. The lowest BCUT2D eigenvalue weighted by Crippen LogP contribution is -2.39. The summed E-state index contributed by atoms with van der Waals surface area (Å²) in [6.45, 7) is 9.87. The average Bonchev–Trinajstić information content (AvgIpc) is 3.43. The zero-order chi connectivity index (χ0) is 20.9. The summed E-state index contributed by atoms with van der Waals surface area (Å²) in [5.41, 5.74) is 2.84. The SMILES string of the molecule is CCc1cccc2sc(N(CCCN3CCOCC3)C(=O)c3ccnn3CC)nc12.Cl. The zero-order valence-corrected chi connectivity index (χ0v) is 19.8. The molecule has 1 amide bonds. The Bertz CT molecular complexity index is 999. The Kier molecular flexibility index (Phi) is 8.43. The second kappa shape index (κ2) is 11.0. The highest BCUT2D eigenvalue weighted by atomic mass is 35.5. The van der Waals surface area contributed by atoms with Crippen LogP contribution in [0.4, 0.5) is 5.13 Å². The van der Waals surface area contributed by atoms with Crippen LogP contribution < -0.4 is 4.90 Å². The van der Waals surface area contributed by atoms with E-state index in [4.69, 9.17) is 9.72 Å². The lowest BCUT2D eigenvalue weighted by atomic mass is 10.1. The summed E-state index contributed by atoms with van der Waals surface area (Å²) in [6.07, 6.45) is 3.51. The molecular weight excluding hydrogens is 434 g/mol. The highest BCUT2D eigenvalue weighted by Crippen LogP contribution is 2.32. The molecule has 0 N–H and O–H groups in total. The van der Waals surface area contributed by atoms with Crippen LogP contribution in [-0.4, -0.2) is 65.0 Å². The van der Waals surface area contributed by atoms with E-state index in [0.29, 0.717) is 18.8 Å². The number of thiazole rings is 1. The predicted molar refractivity (Wildman–Crippen MR) is 128 cm³/mol.